The van der Waals surface area contributed by atoms with E-state index in [-0.39, 0.29) is 5.69 Å². The highest BCUT2D eigenvalue weighted by Gasteiger charge is 2.10. The van der Waals surface area contributed by atoms with Crippen molar-refractivity contribution in [3.8, 4) is 0 Å². The van der Waals surface area contributed by atoms with Crippen molar-refractivity contribution >= 4 is 21.6 Å². The van der Waals surface area contributed by atoms with Gasteiger partial charge in [-0.3, -0.25) is 10.1 Å². The van der Waals surface area contributed by atoms with Crippen LogP contribution in [0.5, 0.6) is 0 Å². The number of hydrogen-bond donors (Lipinski definition) is 1. The largest absolute Gasteiger partial charge is 0.330 e. The molecule has 112 valence electrons. The van der Waals surface area contributed by atoms with Crippen LogP contribution in [0, 0.1) is 10.1 Å². The highest BCUT2D eigenvalue weighted by molar-refractivity contribution is 9.10. The second-order valence-corrected chi connectivity index (χ2v) is 5.54. The van der Waals surface area contributed by atoms with E-state index in [2.05, 4.69) is 26.2 Å². The number of nitro groups is 1. The van der Waals surface area contributed by atoms with Crippen LogP contribution in [0.2, 0.25) is 0 Å². The zero-order valence-electron chi connectivity index (χ0n) is 11.4. The maximum atomic E-state index is 10.7. The lowest BCUT2D eigenvalue weighted by Crippen LogP contribution is -2.01. The Morgan fingerprint density at radius 3 is 2.86 bits per heavy atom. The first-order chi connectivity index (χ1) is 10.1. The summed E-state index contributed by atoms with van der Waals surface area (Å²) in [6.45, 7) is 1.20. The highest BCUT2D eigenvalue weighted by atomic mass is 79.9. The van der Waals surface area contributed by atoms with Crippen molar-refractivity contribution in [1.82, 2.24) is 15.0 Å². The van der Waals surface area contributed by atoms with Gasteiger partial charge in [-0.05, 0) is 37.4 Å². The maximum Gasteiger partial charge on any atom is 0.270 e. The molecular weight excluding hydrogens is 338 g/mol. The molecule has 0 atom stereocenters. The molecule has 21 heavy (non-hydrogen) atoms. The van der Waals surface area contributed by atoms with Gasteiger partial charge in [0.15, 0.2) is 0 Å². The van der Waals surface area contributed by atoms with Crippen LogP contribution in [0.3, 0.4) is 0 Å². The fourth-order valence-electron chi connectivity index (χ4n) is 1.93. The fourth-order valence-corrected chi connectivity index (χ4v) is 2.43. The Hall–Kier alpha value is -1.80. The van der Waals surface area contributed by atoms with Crippen LogP contribution in [0.4, 0.5) is 5.69 Å². The van der Waals surface area contributed by atoms with Gasteiger partial charge in [-0.25, -0.2) is 4.68 Å². The Morgan fingerprint density at radius 2 is 2.19 bits per heavy atom. The molecule has 0 radical (unpaired) electrons. The number of unbranched alkanes of at least 4 members (excludes halogenated alkanes) is 1. The lowest BCUT2D eigenvalue weighted by Gasteiger charge is -2.03. The molecule has 0 saturated heterocycles. The molecule has 0 spiro atoms. The van der Waals surface area contributed by atoms with E-state index in [0.717, 1.165) is 30.5 Å². The summed E-state index contributed by atoms with van der Waals surface area (Å²) in [5.74, 6) is 0. The molecule has 0 saturated carbocycles. The molecule has 2 aromatic rings. The van der Waals surface area contributed by atoms with Crippen LogP contribution in [-0.4, -0.2) is 26.5 Å². The molecule has 0 fully saturated rings. The fraction of sp³-hybridized carbons (Fsp3) is 0.385. The van der Waals surface area contributed by atoms with Crippen molar-refractivity contribution in [2.75, 3.05) is 6.54 Å². The third-order valence-corrected chi connectivity index (χ3v) is 3.79. The minimum absolute atomic E-state index is 0.0617. The third kappa shape index (κ3) is 4.33. The predicted octanol–water partition coefficient (Wildman–Crippen LogP) is 2.28. The summed E-state index contributed by atoms with van der Waals surface area (Å²) in [5, 5.41) is 18.9. The molecule has 1 heterocycles. The number of benzene rings is 1. The first-order valence-electron chi connectivity index (χ1n) is 6.62. The molecule has 0 aliphatic carbocycles. The van der Waals surface area contributed by atoms with Gasteiger partial charge >= 0.3 is 0 Å². The number of nitrogens with zero attached hydrogens (tertiary/aromatic N) is 4. The number of non-ortho nitro benzene ring substituents is 1. The van der Waals surface area contributed by atoms with E-state index in [4.69, 9.17) is 5.73 Å². The summed E-state index contributed by atoms with van der Waals surface area (Å²) < 4.78 is 2.42. The molecule has 0 aliphatic heterocycles. The van der Waals surface area contributed by atoms with Gasteiger partial charge in [0.25, 0.3) is 5.69 Å². The lowest BCUT2D eigenvalue weighted by atomic mass is 10.2. The molecule has 0 bridgehead atoms. The van der Waals surface area contributed by atoms with Crippen molar-refractivity contribution in [2.45, 2.75) is 25.8 Å². The summed E-state index contributed by atoms with van der Waals surface area (Å²) in [6.07, 6.45) is 4.72. The standard InChI is InChI=1S/C13H16BrN5O2/c14-13-7-12(19(20)21)5-4-10(13)8-18-9-11(16-17-18)3-1-2-6-15/h4-5,7,9H,1-3,6,8,15H2. The Balaban J connectivity index is 2.03. The summed E-state index contributed by atoms with van der Waals surface area (Å²) in [6, 6.07) is 4.70. The molecule has 0 aliphatic rings. The summed E-state index contributed by atoms with van der Waals surface area (Å²) >= 11 is 3.35. The number of rotatable bonds is 7. The van der Waals surface area contributed by atoms with E-state index in [1.54, 1.807) is 10.7 Å². The summed E-state index contributed by atoms with van der Waals surface area (Å²) in [4.78, 5) is 10.3. The Bertz CT molecular complexity index is 629. The van der Waals surface area contributed by atoms with E-state index in [9.17, 15) is 10.1 Å². The minimum Gasteiger partial charge on any atom is -0.330 e. The Kier molecular flexibility index (Phi) is 5.40. The Morgan fingerprint density at radius 1 is 1.38 bits per heavy atom. The second-order valence-electron chi connectivity index (χ2n) is 4.69. The van der Waals surface area contributed by atoms with Crippen LogP contribution >= 0.6 is 15.9 Å². The summed E-state index contributed by atoms with van der Waals surface area (Å²) in [5.41, 5.74) is 7.37. The van der Waals surface area contributed by atoms with Gasteiger partial charge in [-0.1, -0.05) is 21.1 Å². The number of nitrogens with two attached hydrogens (primary N) is 1. The molecule has 2 rings (SSSR count). The number of aryl methyl sites for hydroxylation is 1. The molecule has 1 aromatic carbocycles. The van der Waals surface area contributed by atoms with Crippen LogP contribution in [0.25, 0.3) is 0 Å². The van der Waals surface area contributed by atoms with E-state index in [1.165, 1.54) is 12.1 Å². The van der Waals surface area contributed by atoms with Crippen LogP contribution in [0.15, 0.2) is 28.9 Å². The Labute approximate surface area is 130 Å². The van der Waals surface area contributed by atoms with Gasteiger partial charge < -0.3 is 5.73 Å². The average molecular weight is 354 g/mol. The quantitative estimate of drug-likeness (QED) is 0.467. The monoisotopic (exact) mass is 353 g/mol. The molecule has 2 N–H and O–H groups in total. The van der Waals surface area contributed by atoms with E-state index < -0.39 is 4.92 Å². The minimum atomic E-state index is -0.417. The van der Waals surface area contributed by atoms with Gasteiger partial charge in [-0.2, -0.15) is 0 Å². The maximum absolute atomic E-state index is 10.7. The normalized spacial score (nSPS) is 10.8. The van der Waals surface area contributed by atoms with Crippen LogP contribution < -0.4 is 5.73 Å². The highest BCUT2D eigenvalue weighted by Crippen LogP contribution is 2.23. The average Bonchev–Trinajstić information content (AvgIpc) is 2.89. The lowest BCUT2D eigenvalue weighted by molar-refractivity contribution is -0.384. The van der Waals surface area contributed by atoms with Crippen LogP contribution in [0.1, 0.15) is 24.1 Å². The molecule has 8 heteroatoms. The number of aromatic nitrogens is 3. The van der Waals surface area contributed by atoms with Crippen molar-refractivity contribution in [2.24, 2.45) is 5.73 Å². The molecule has 0 unspecified atom stereocenters. The van der Waals surface area contributed by atoms with Gasteiger partial charge in [0.2, 0.25) is 0 Å². The smallest absolute Gasteiger partial charge is 0.270 e. The number of hydrogen-bond acceptors (Lipinski definition) is 5. The van der Waals surface area contributed by atoms with E-state index >= 15 is 0 Å². The third-order valence-electron chi connectivity index (χ3n) is 3.05. The molecular formula is C13H16BrN5O2. The van der Waals surface area contributed by atoms with Gasteiger partial charge in [0.05, 0.1) is 17.2 Å². The molecule has 0 amide bonds. The molecule has 7 nitrogen and oxygen atoms in total. The van der Waals surface area contributed by atoms with Crippen molar-refractivity contribution < 1.29 is 4.92 Å². The number of nitro benzene ring substituents is 1. The SMILES string of the molecule is NCCCCc1cn(Cc2ccc([N+](=O)[O-])cc2Br)nn1. The van der Waals surface area contributed by atoms with Crippen LogP contribution in [-0.2, 0) is 13.0 Å². The van der Waals surface area contributed by atoms with Crippen molar-refractivity contribution in [3.05, 3.63) is 50.2 Å². The van der Waals surface area contributed by atoms with Gasteiger partial charge in [0, 0.05) is 22.8 Å². The summed E-state index contributed by atoms with van der Waals surface area (Å²) in [7, 11) is 0. The topological polar surface area (TPSA) is 99.9 Å². The zero-order chi connectivity index (χ0) is 15.2. The first kappa shape index (κ1) is 15.6. The second kappa shape index (κ2) is 7.28. The predicted molar refractivity (Wildman–Crippen MR) is 81.9 cm³/mol. The van der Waals surface area contributed by atoms with Crippen molar-refractivity contribution in [1.29, 1.82) is 0 Å². The molecule has 1 aromatic heterocycles. The number of halogens is 1. The van der Waals surface area contributed by atoms with Gasteiger partial charge in [-0.15, -0.1) is 5.10 Å². The first-order valence-corrected chi connectivity index (χ1v) is 7.41. The zero-order valence-corrected chi connectivity index (χ0v) is 13.0. The van der Waals surface area contributed by atoms with E-state index in [1.807, 2.05) is 6.20 Å². The van der Waals surface area contributed by atoms with E-state index in [0.29, 0.717) is 17.6 Å². The van der Waals surface area contributed by atoms with Gasteiger partial charge in [0.1, 0.15) is 0 Å². The van der Waals surface area contributed by atoms with Crippen molar-refractivity contribution in [3.63, 3.8) is 0 Å².